The van der Waals surface area contributed by atoms with Gasteiger partial charge in [-0.2, -0.15) is 5.10 Å². The lowest BCUT2D eigenvalue weighted by atomic mass is 9.89. The summed E-state index contributed by atoms with van der Waals surface area (Å²) in [5.41, 5.74) is 0.0872. The Balaban J connectivity index is 2.15. The van der Waals surface area contributed by atoms with E-state index < -0.39 is 5.60 Å². The van der Waals surface area contributed by atoms with E-state index in [0.29, 0.717) is 11.6 Å². The molecule has 0 spiro atoms. The summed E-state index contributed by atoms with van der Waals surface area (Å²) in [6.45, 7) is 4.36. The Morgan fingerprint density at radius 3 is 2.13 bits per heavy atom. The number of nitrogens with one attached hydrogen (secondary N) is 1. The Hall–Kier alpha value is -1.68. The minimum Gasteiger partial charge on any atom is -0.382 e. The van der Waals surface area contributed by atoms with Crippen LogP contribution in [0.3, 0.4) is 0 Å². The molecular weight excluding hydrogens is 286 g/mol. The van der Waals surface area contributed by atoms with Crippen molar-refractivity contribution in [1.29, 1.82) is 0 Å². The fraction of sp³-hybridized carbons (Fsp3) is 0.579. The van der Waals surface area contributed by atoms with Crippen LogP contribution < -0.4 is 0 Å². The first-order chi connectivity index (χ1) is 11.2. The van der Waals surface area contributed by atoms with E-state index in [0.717, 1.165) is 56.9 Å². The normalized spacial score (nSPS) is 11.8. The molecule has 0 saturated carbocycles. The Bertz CT molecular complexity index is 555. The molecule has 0 bridgehead atoms. The molecule has 2 rings (SSSR count). The highest BCUT2D eigenvalue weighted by Crippen LogP contribution is 2.31. The molecule has 2 N–H and O–H groups in total. The van der Waals surface area contributed by atoms with Crippen molar-refractivity contribution in [3.8, 4) is 11.4 Å². The molecule has 4 heteroatoms. The van der Waals surface area contributed by atoms with Crippen molar-refractivity contribution in [1.82, 2.24) is 15.2 Å². The molecule has 0 fully saturated rings. The predicted octanol–water partition coefficient (Wildman–Crippen LogP) is 4.82. The number of aromatic nitrogens is 3. The minimum atomic E-state index is -0.885. The van der Waals surface area contributed by atoms with Gasteiger partial charge in [0.15, 0.2) is 11.6 Å². The number of aliphatic hydroxyl groups is 1. The van der Waals surface area contributed by atoms with Gasteiger partial charge in [-0.3, -0.25) is 5.10 Å². The summed E-state index contributed by atoms with van der Waals surface area (Å²) < 4.78 is 0. The fourth-order valence-electron chi connectivity index (χ4n) is 2.88. The molecule has 0 saturated heterocycles. The maximum Gasteiger partial charge on any atom is 0.181 e. The Kier molecular flexibility index (Phi) is 6.78. The van der Waals surface area contributed by atoms with E-state index in [4.69, 9.17) is 0 Å². The minimum absolute atomic E-state index is 0.614. The quantitative estimate of drug-likeness (QED) is 0.618. The third-order valence-corrected chi connectivity index (χ3v) is 4.35. The first kappa shape index (κ1) is 17.7. The third-order valence-electron chi connectivity index (χ3n) is 4.35. The van der Waals surface area contributed by atoms with Crippen LogP contribution in [0.15, 0.2) is 30.3 Å². The van der Waals surface area contributed by atoms with E-state index >= 15 is 0 Å². The van der Waals surface area contributed by atoms with E-state index in [-0.39, 0.29) is 0 Å². The van der Waals surface area contributed by atoms with Crippen LogP contribution in [0.5, 0.6) is 0 Å². The molecule has 0 radical (unpaired) electrons. The highest BCUT2D eigenvalue weighted by Gasteiger charge is 2.32. The molecule has 126 valence electrons. The Morgan fingerprint density at radius 1 is 0.957 bits per heavy atom. The number of hydrogen-bond donors (Lipinski definition) is 2. The van der Waals surface area contributed by atoms with Crippen LogP contribution in [0.25, 0.3) is 11.4 Å². The van der Waals surface area contributed by atoms with Crippen molar-refractivity contribution >= 4 is 0 Å². The van der Waals surface area contributed by atoms with Gasteiger partial charge < -0.3 is 5.11 Å². The maximum atomic E-state index is 11.2. The second kappa shape index (κ2) is 8.82. The number of nitrogens with zero attached hydrogens (tertiary/aromatic N) is 2. The second-order valence-electron chi connectivity index (χ2n) is 6.32. The van der Waals surface area contributed by atoms with Crippen LogP contribution in [0, 0.1) is 0 Å². The lowest BCUT2D eigenvalue weighted by Crippen LogP contribution is -2.27. The van der Waals surface area contributed by atoms with E-state index in [9.17, 15) is 5.11 Å². The van der Waals surface area contributed by atoms with E-state index in [1.807, 2.05) is 30.3 Å². The van der Waals surface area contributed by atoms with Gasteiger partial charge in [0.1, 0.15) is 5.60 Å². The van der Waals surface area contributed by atoms with Gasteiger partial charge in [0.2, 0.25) is 0 Å². The molecule has 0 unspecified atom stereocenters. The van der Waals surface area contributed by atoms with Gasteiger partial charge in [-0.15, -0.1) is 0 Å². The monoisotopic (exact) mass is 315 g/mol. The van der Waals surface area contributed by atoms with Crippen LogP contribution in [-0.4, -0.2) is 20.3 Å². The van der Waals surface area contributed by atoms with Gasteiger partial charge >= 0.3 is 0 Å². The van der Waals surface area contributed by atoms with Crippen LogP contribution in [0.2, 0.25) is 0 Å². The Morgan fingerprint density at radius 2 is 1.57 bits per heavy atom. The molecule has 0 aliphatic carbocycles. The molecule has 4 nitrogen and oxygen atoms in total. The fourth-order valence-corrected chi connectivity index (χ4v) is 2.88. The number of aromatic amines is 1. The molecular formula is C19H29N3O. The zero-order chi connectivity index (χ0) is 16.5. The zero-order valence-corrected chi connectivity index (χ0v) is 14.4. The molecule has 23 heavy (non-hydrogen) atoms. The van der Waals surface area contributed by atoms with Crippen molar-refractivity contribution in [2.45, 2.75) is 70.8 Å². The first-order valence-electron chi connectivity index (χ1n) is 8.90. The molecule has 2 aromatic rings. The number of H-pyrrole nitrogens is 1. The van der Waals surface area contributed by atoms with Crippen molar-refractivity contribution < 1.29 is 5.11 Å². The lowest BCUT2D eigenvalue weighted by molar-refractivity contribution is 0.00517. The van der Waals surface area contributed by atoms with E-state index in [1.54, 1.807) is 0 Å². The standard InChI is InChI=1S/C19H29N3O/c1-3-5-10-14-19(23,15-11-6-4-2)18-20-17(21-22-18)16-12-8-7-9-13-16/h7-9,12-13,23H,3-6,10-11,14-15H2,1-2H3,(H,20,21,22). The van der Waals surface area contributed by atoms with E-state index in [2.05, 4.69) is 29.0 Å². The van der Waals surface area contributed by atoms with Crippen LogP contribution in [0.1, 0.15) is 71.0 Å². The number of rotatable bonds is 10. The largest absolute Gasteiger partial charge is 0.382 e. The highest BCUT2D eigenvalue weighted by molar-refractivity contribution is 5.53. The van der Waals surface area contributed by atoms with Gasteiger partial charge in [-0.05, 0) is 12.8 Å². The average molecular weight is 315 g/mol. The van der Waals surface area contributed by atoms with Gasteiger partial charge in [0.25, 0.3) is 0 Å². The van der Waals surface area contributed by atoms with Gasteiger partial charge in [-0.25, -0.2) is 4.98 Å². The summed E-state index contributed by atoms with van der Waals surface area (Å²) >= 11 is 0. The first-order valence-corrected chi connectivity index (χ1v) is 8.90. The van der Waals surface area contributed by atoms with Crippen LogP contribution in [-0.2, 0) is 5.60 Å². The summed E-state index contributed by atoms with van der Waals surface area (Å²) in [6.07, 6.45) is 8.09. The summed E-state index contributed by atoms with van der Waals surface area (Å²) in [5.74, 6) is 1.27. The molecule has 1 aromatic carbocycles. The summed E-state index contributed by atoms with van der Waals surface area (Å²) in [6, 6.07) is 9.89. The number of unbranched alkanes of at least 4 members (excludes halogenated alkanes) is 4. The second-order valence-corrected chi connectivity index (χ2v) is 6.32. The highest BCUT2D eigenvalue weighted by atomic mass is 16.3. The van der Waals surface area contributed by atoms with E-state index in [1.165, 1.54) is 0 Å². The van der Waals surface area contributed by atoms with Crippen LogP contribution in [0.4, 0.5) is 0 Å². The lowest BCUT2D eigenvalue weighted by Gasteiger charge is -2.25. The van der Waals surface area contributed by atoms with Gasteiger partial charge in [0, 0.05) is 5.56 Å². The number of benzene rings is 1. The van der Waals surface area contributed by atoms with Crippen molar-refractivity contribution in [3.05, 3.63) is 36.2 Å². The molecule has 0 aliphatic heterocycles. The van der Waals surface area contributed by atoms with Crippen LogP contribution >= 0.6 is 0 Å². The van der Waals surface area contributed by atoms with Gasteiger partial charge in [0.05, 0.1) is 0 Å². The predicted molar refractivity (Wildman–Crippen MR) is 94.0 cm³/mol. The van der Waals surface area contributed by atoms with Crippen molar-refractivity contribution in [2.24, 2.45) is 0 Å². The molecule has 0 atom stereocenters. The summed E-state index contributed by atoms with van der Waals surface area (Å²) in [5, 5.41) is 18.5. The maximum absolute atomic E-state index is 11.2. The third kappa shape index (κ3) is 4.90. The molecule has 1 aromatic heterocycles. The summed E-state index contributed by atoms with van der Waals surface area (Å²) in [4.78, 5) is 4.59. The Labute approximate surface area is 139 Å². The SMILES string of the molecule is CCCCCC(O)(CCCCC)c1nc(-c2ccccc2)n[nH]1. The topological polar surface area (TPSA) is 61.8 Å². The smallest absolute Gasteiger partial charge is 0.181 e. The number of hydrogen-bond acceptors (Lipinski definition) is 3. The molecule has 0 aliphatic rings. The zero-order valence-electron chi connectivity index (χ0n) is 14.4. The average Bonchev–Trinajstić information content (AvgIpc) is 3.07. The van der Waals surface area contributed by atoms with Crippen molar-refractivity contribution in [2.75, 3.05) is 0 Å². The van der Waals surface area contributed by atoms with Crippen molar-refractivity contribution in [3.63, 3.8) is 0 Å². The summed E-state index contributed by atoms with van der Waals surface area (Å²) in [7, 11) is 0. The molecule has 1 heterocycles. The van der Waals surface area contributed by atoms with Gasteiger partial charge in [-0.1, -0.05) is 82.7 Å². The molecule has 0 amide bonds.